The lowest BCUT2D eigenvalue weighted by atomic mass is 9.98. The number of hydrogen-bond acceptors (Lipinski definition) is 11. The summed E-state index contributed by atoms with van der Waals surface area (Å²) >= 11 is 6.22. The molecule has 14 nitrogen and oxygen atoms in total. The number of piperidine rings is 2. The highest BCUT2D eigenvalue weighted by Gasteiger charge is 2.46. The maximum Gasteiger partial charge on any atom is 0.262 e. The number of anilines is 2. The zero-order chi connectivity index (χ0) is 40.8. The first-order valence-electron chi connectivity index (χ1n) is 20.7. The second kappa shape index (κ2) is 16.3. The topological polar surface area (TPSA) is 150 Å². The number of nitrogens with one attached hydrogen (secondary N) is 1. The van der Waals surface area contributed by atoms with Gasteiger partial charge in [-0.1, -0.05) is 11.6 Å². The number of carbonyl (C=O) groups excluding carboxylic acids is 5. The van der Waals surface area contributed by atoms with Crippen molar-refractivity contribution in [1.29, 1.82) is 5.26 Å². The van der Waals surface area contributed by atoms with E-state index >= 15 is 0 Å². The van der Waals surface area contributed by atoms with Gasteiger partial charge in [-0.05, 0) is 73.9 Å². The summed E-state index contributed by atoms with van der Waals surface area (Å²) in [6.45, 7) is 9.10. The van der Waals surface area contributed by atoms with Crippen LogP contribution in [0.3, 0.4) is 0 Å². The van der Waals surface area contributed by atoms with Crippen molar-refractivity contribution in [3.8, 4) is 11.8 Å². The van der Waals surface area contributed by atoms with E-state index in [9.17, 15) is 29.2 Å². The Morgan fingerprint density at radius 2 is 1.36 bits per heavy atom. The highest BCUT2D eigenvalue weighted by atomic mass is 35.5. The molecule has 2 bridgehead atoms. The number of halogens is 1. The molecule has 6 heterocycles. The van der Waals surface area contributed by atoms with Gasteiger partial charge in [0.1, 0.15) is 24.0 Å². The molecule has 0 spiro atoms. The molecule has 5 saturated heterocycles. The highest BCUT2D eigenvalue weighted by Crippen LogP contribution is 2.39. The van der Waals surface area contributed by atoms with Gasteiger partial charge in [0.05, 0.1) is 21.7 Å². The summed E-state index contributed by atoms with van der Waals surface area (Å²) in [4.78, 5) is 77.0. The molecule has 0 aromatic heterocycles. The number of ether oxygens (including phenoxy) is 1. The molecular formula is C44H47ClN8O6. The van der Waals surface area contributed by atoms with Crippen molar-refractivity contribution >= 4 is 52.5 Å². The Hall–Kier alpha value is -5.49. The summed E-state index contributed by atoms with van der Waals surface area (Å²) in [7, 11) is 0. The third-order valence-electron chi connectivity index (χ3n) is 13.0. The quantitative estimate of drug-likeness (QED) is 0.315. The van der Waals surface area contributed by atoms with Crippen LogP contribution < -0.4 is 19.9 Å². The van der Waals surface area contributed by atoms with E-state index in [0.29, 0.717) is 27.5 Å². The molecule has 6 aliphatic rings. The van der Waals surface area contributed by atoms with Crippen LogP contribution in [-0.2, 0) is 9.59 Å². The van der Waals surface area contributed by atoms with E-state index in [0.717, 1.165) is 113 Å². The second-order valence-electron chi connectivity index (χ2n) is 16.4. The average molecular weight is 819 g/mol. The first kappa shape index (κ1) is 39.0. The Morgan fingerprint density at radius 3 is 1.97 bits per heavy atom. The van der Waals surface area contributed by atoms with E-state index in [1.807, 2.05) is 18.2 Å². The van der Waals surface area contributed by atoms with E-state index in [4.69, 9.17) is 16.3 Å². The molecule has 0 saturated carbocycles. The van der Waals surface area contributed by atoms with E-state index in [1.54, 1.807) is 30.3 Å². The molecule has 5 amide bonds. The van der Waals surface area contributed by atoms with Gasteiger partial charge < -0.3 is 19.4 Å². The lowest BCUT2D eigenvalue weighted by molar-refractivity contribution is -0.136. The van der Waals surface area contributed by atoms with Crippen LogP contribution in [-0.4, -0.2) is 139 Å². The Balaban J connectivity index is 0.711. The summed E-state index contributed by atoms with van der Waals surface area (Å²) < 4.78 is 6.27. The first-order valence-corrected chi connectivity index (χ1v) is 21.1. The smallest absolute Gasteiger partial charge is 0.262 e. The van der Waals surface area contributed by atoms with Gasteiger partial charge in [-0.3, -0.25) is 44.0 Å². The molecule has 3 aromatic carbocycles. The fourth-order valence-electron chi connectivity index (χ4n) is 9.77. The molecule has 1 N–H and O–H groups in total. The fourth-order valence-corrected chi connectivity index (χ4v) is 9.98. The summed E-state index contributed by atoms with van der Waals surface area (Å²) in [6, 6.07) is 20.0. The van der Waals surface area contributed by atoms with E-state index < -0.39 is 29.7 Å². The number of piperazine rings is 2. The number of amides is 5. The highest BCUT2D eigenvalue weighted by molar-refractivity contribution is 6.31. The van der Waals surface area contributed by atoms with E-state index in [2.05, 4.69) is 48.0 Å². The monoisotopic (exact) mass is 818 g/mol. The van der Waals surface area contributed by atoms with Crippen molar-refractivity contribution in [2.75, 3.05) is 75.2 Å². The Kier molecular flexibility index (Phi) is 10.8. The number of nitriles is 1. The van der Waals surface area contributed by atoms with Crippen LogP contribution in [0.4, 0.5) is 11.4 Å². The van der Waals surface area contributed by atoms with Crippen molar-refractivity contribution in [1.82, 2.24) is 24.9 Å². The lowest BCUT2D eigenvalue weighted by Crippen LogP contribution is -2.54. The van der Waals surface area contributed by atoms with Gasteiger partial charge in [0.25, 0.3) is 17.7 Å². The van der Waals surface area contributed by atoms with Crippen molar-refractivity contribution < 1.29 is 28.7 Å². The fraction of sp³-hybridized carbons (Fsp3) is 0.455. The van der Waals surface area contributed by atoms with E-state index in [1.165, 1.54) is 0 Å². The Morgan fingerprint density at radius 1 is 0.746 bits per heavy atom. The Labute approximate surface area is 348 Å². The van der Waals surface area contributed by atoms with Crippen molar-refractivity contribution in [2.24, 2.45) is 0 Å². The predicted octanol–water partition coefficient (Wildman–Crippen LogP) is 3.77. The van der Waals surface area contributed by atoms with Gasteiger partial charge in [-0.25, -0.2) is 0 Å². The molecule has 4 atom stereocenters. The van der Waals surface area contributed by atoms with Crippen molar-refractivity contribution in [3.05, 3.63) is 87.9 Å². The van der Waals surface area contributed by atoms with Crippen LogP contribution in [0.2, 0.25) is 5.02 Å². The largest absolute Gasteiger partial charge is 0.490 e. The van der Waals surface area contributed by atoms with Crippen LogP contribution in [0, 0.1) is 11.3 Å². The van der Waals surface area contributed by atoms with Crippen LogP contribution in [0.15, 0.2) is 60.7 Å². The van der Waals surface area contributed by atoms with Gasteiger partial charge in [-0.2, -0.15) is 5.26 Å². The van der Waals surface area contributed by atoms with Crippen LogP contribution in [0.5, 0.6) is 5.75 Å². The maximum atomic E-state index is 13.8. The maximum absolute atomic E-state index is 13.8. The van der Waals surface area contributed by atoms with Crippen molar-refractivity contribution in [2.45, 2.75) is 62.8 Å². The minimum absolute atomic E-state index is 0.000923. The number of carbonyl (C=O) groups is 5. The summed E-state index contributed by atoms with van der Waals surface area (Å²) in [5.74, 6) is -1.22. The predicted molar refractivity (Wildman–Crippen MR) is 220 cm³/mol. The number of fused-ring (bicyclic) bond motifs is 3. The minimum Gasteiger partial charge on any atom is -0.490 e. The zero-order valence-corrected chi connectivity index (χ0v) is 33.6. The minimum atomic E-state index is -0.971. The molecule has 6 aliphatic heterocycles. The number of imide groups is 2. The molecule has 5 fully saturated rings. The summed E-state index contributed by atoms with van der Waals surface area (Å²) in [5, 5.41) is 11.8. The molecule has 306 valence electrons. The number of hydrogen-bond donors (Lipinski definition) is 1. The van der Waals surface area contributed by atoms with Crippen molar-refractivity contribution in [3.63, 3.8) is 0 Å². The van der Waals surface area contributed by atoms with Gasteiger partial charge in [-0.15, -0.1) is 0 Å². The molecule has 0 aliphatic carbocycles. The number of nitrogens with zero attached hydrogens (tertiary/aromatic N) is 7. The van der Waals surface area contributed by atoms with E-state index in [-0.39, 0.29) is 36.9 Å². The summed E-state index contributed by atoms with van der Waals surface area (Å²) in [5.41, 5.74) is 3.77. The molecule has 1 unspecified atom stereocenters. The molecule has 0 radical (unpaired) electrons. The van der Waals surface area contributed by atoms with Crippen LogP contribution >= 0.6 is 11.6 Å². The normalized spacial score (nSPS) is 24.9. The number of benzene rings is 3. The van der Waals surface area contributed by atoms with Gasteiger partial charge in [0.15, 0.2) is 0 Å². The third-order valence-corrected chi connectivity index (χ3v) is 13.3. The van der Waals surface area contributed by atoms with Crippen LogP contribution in [0.25, 0.3) is 0 Å². The van der Waals surface area contributed by atoms with Gasteiger partial charge in [0, 0.05) is 120 Å². The SMILES string of the molecule is N#Cc1ccc(O[C@H]2C[C@H]3CC[C@@H](C2)N3C(=O)c2ccc(N3CCN(CCN4CCN(c5ccc6c(c5)C(=O)N(C5CCC(=O)NC5=O)C6=O)CC4)CC3)cc2)cc1Cl. The van der Waals surface area contributed by atoms with Crippen LogP contribution in [0.1, 0.15) is 75.2 Å². The number of rotatable bonds is 9. The average Bonchev–Trinajstić information content (AvgIpc) is 3.66. The molecule has 9 rings (SSSR count). The molecule has 15 heteroatoms. The summed E-state index contributed by atoms with van der Waals surface area (Å²) in [6.07, 6.45) is 3.73. The molecular weight excluding hydrogens is 772 g/mol. The second-order valence-corrected chi connectivity index (χ2v) is 16.9. The standard InChI is InChI=1S/C44H47ClN8O6/c45-38-26-34(9-3-29(38)27-46)59-35-23-32-6-7-33(24-35)52(32)42(56)28-1-4-30(5-2-28)50-19-15-48(16-20-50)13-14-49-17-21-51(22-18-49)31-8-10-36-37(25-31)44(58)53(43(36)57)39-11-12-40(54)47-41(39)55/h1-5,8-10,25-26,32-33,35,39H,6-7,11-24H2,(H,47,54,55)/t32-,33+,35+,39?. The molecule has 59 heavy (non-hydrogen) atoms. The molecule has 3 aromatic rings. The van der Waals surface area contributed by atoms with Gasteiger partial charge >= 0.3 is 0 Å². The lowest BCUT2D eigenvalue weighted by Gasteiger charge is -2.39. The third kappa shape index (κ3) is 7.75. The zero-order valence-electron chi connectivity index (χ0n) is 32.9. The van der Waals surface area contributed by atoms with Gasteiger partial charge in [0.2, 0.25) is 11.8 Å². The first-order chi connectivity index (χ1) is 28.6. The Bertz CT molecular complexity index is 2200.